The van der Waals surface area contributed by atoms with Gasteiger partial charge in [-0.15, -0.1) is 0 Å². The molecule has 0 fully saturated rings. The standard InChI is InChI=1S/C11H12N2/c12-7-8-3-1-5-10-9(8)4-2-6-11(10)13/h1,3,5,11H,2,4,6,13H2. The summed E-state index contributed by atoms with van der Waals surface area (Å²) in [4.78, 5) is 0. The molecule has 0 radical (unpaired) electrons. The molecule has 1 aromatic rings. The lowest BCUT2D eigenvalue weighted by atomic mass is 9.86. The average Bonchev–Trinajstić information content (AvgIpc) is 2.18. The van der Waals surface area contributed by atoms with E-state index in [1.54, 1.807) is 0 Å². The van der Waals surface area contributed by atoms with Gasteiger partial charge in [0.05, 0.1) is 11.6 Å². The third kappa shape index (κ3) is 1.32. The summed E-state index contributed by atoms with van der Waals surface area (Å²) in [5.74, 6) is 0. The summed E-state index contributed by atoms with van der Waals surface area (Å²) in [5, 5.41) is 8.89. The normalized spacial score (nSPS) is 20.5. The van der Waals surface area contributed by atoms with Crippen molar-refractivity contribution >= 4 is 0 Å². The summed E-state index contributed by atoms with van der Waals surface area (Å²) in [6.45, 7) is 0. The lowest BCUT2D eigenvalue weighted by molar-refractivity contribution is 0.569. The highest BCUT2D eigenvalue weighted by atomic mass is 14.6. The molecule has 0 saturated heterocycles. The number of hydrogen-bond donors (Lipinski definition) is 1. The number of hydrogen-bond acceptors (Lipinski definition) is 2. The molecule has 1 aromatic carbocycles. The van der Waals surface area contributed by atoms with Gasteiger partial charge in [0.2, 0.25) is 0 Å². The Bertz CT molecular complexity index is 363. The molecule has 0 aromatic heterocycles. The molecule has 0 heterocycles. The molecule has 1 atom stereocenters. The van der Waals surface area contributed by atoms with E-state index in [2.05, 4.69) is 6.07 Å². The SMILES string of the molecule is N#Cc1cccc2c1CCCC2N. The predicted octanol–water partition coefficient (Wildman–Crippen LogP) is 1.89. The van der Waals surface area contributed by atoms with Crippen molar-refractivity contribution in [1.29, 1.82) is 5.26 Å². The highest BCUT2D eigenvalue weighted by molar-refractivity contribution is 5.45. The fourth-order valence-corrected chi connectivity index (χ4v) is 1.99. The average molecular weight is 172 g/mol. The molecule has 13 heavy (non-hydrogen) atoms. The Balaban J connectivity index is 2.56. The van der Waals surface area contributed by atoms with Gasteiger partial charge in [-0.2, -0.15) is 5.26 Å². The quantitative estimate of drug-likeness (QED) is 0.649. The third-order valence-corrected chi connectivity index (χ3v) is 2.67. The Hall–Kier alpha value is -1.33. The van der Waals surface area contributed by atoms with Crippen LogP contribution >= 0.6 is 0 Å². The first-order valence-electron chi connectivity index (χ1n) is 4.60. The van der Waals surface area contributed by atoms with Crippen molar-refractivity contribution in [3.63, 3.8) is 0 Å². The zero-order valence-electron chi connectivity index (χ0n) is 7.46. The minimum Gasteiger partial charge on any atom is -0.324 e. The molecule has 2 N–H and O–H groups in total. The summed E-state index contributed by atoms with van der Waals surface area (Å²) >= 11 is 0. The molecule has 1 aliphatic rings. The Morgan fingerprint density at radius 3 is 3.08 bits per heavy atom. The van der Waals surface area contributed by atoms with Crippen LogP contribution < -0.4 is 5.73 Å². The molecule has 1 unspecified atom stereocenters. The smallest absolute Gasteiger partial charge is 0.0994 e. The first-order valence-corrected chi connectivity index (χ1v) is 4.60. The number of rotatable bonds is 0. The van der Waals surface area contributed by atoms with Crippen LogP contribution in [0, 0.1) is 11.3 Å². The van der Waals surface area contributed by atoms with E-state index >= 15 is 0 Å². The van der Waals surface area contributed by atoms with Crippen molar-refractivity contribution in [2.24, 2.45) is 5.73 Å². The van der Waals surface area contributed by atoms with Crippen molar-refractivity contribution in [1.82, 2.24) is 0 Å². The molecule has 0 aliphatic heterocycles. The third-order valence-electron chi connectivity index (χ3n) is 2.67. The fourth-order valence-electron chi connectivity index (χ4n) is 1.99. The van der Waals surface area contributed by atoms with Crippen molar-refractivity contribution < 1.29 is 0 Å². The maximum absolute atomic E-state index is 8.89. The molecule has 0 amide bonds. The minimum absolute atomic E-state index is 0.136. The van der Waals surface area contributed by atoms with E-state index in [4.69, 9.17) is 11.0 Å². The monoisotopic (exact) mass is 172 g/mol. The number of nitrogens with zero attached hydrogens (tertiary/aromatic N) is 1. The van der Waals surface area contributed by atoms with Crippen LogP contribution in [-0.2, 0) is 6.42 Å². The maximum Gasteiger partial charge on any atom is 0.0994 e. The molecule has 0 spiro atoms. The van der Waals surface area contributed by atoms with Crippen LogP contribution in [0.15, 0.2) is 18.2 Å². The molecule has 66 valence electrons. The van der Waals surface area contributed by atoms with Crippen LogP contribution in [0.2, 0.25) is 0 Å². The second-order valence-corrected chi connectivity index (χ2v) is 3.48. The van der Waals surface area contributed by atoms with E-state index in [1.165, 1.54) is 11.1 Å². The van der Waals surface area contributed by atoms with Gasteiger partial charge in [-0.1, -0.05) is 12.1 Å². The Morgan fingerprint density at radius 1 is 1.46 bits per heavy atom. The van der Waals surface area contributed by atoms with Crippen LogP contribution in [0.3, 0.4) is 0 Å². The lowest BCUT2D eigenvalue weighted by Crippen LogP contribution is -2.18. The van der Waals surface area contributed by atoms with Crippen molar-refractivity contribution in [2.45, 2.75) is 25.3 Å². The fraction of sp³-hybridized carbons (Fsp3) is 0.364. The largest absolute Gasteiger partial charge is 0.324 e. The van der Waals surface area contributed by atoms with Gasteiger partial charge in [0.1, 0.15) is 0 Å². The van der Waals surface area contributed by atoms with E-state index in [0.717, 1.165) is 24.8 Å². The molecule has 2 nitrogen and oxygen atoms in total. The van der Waals surface area contributed by atoms with E-state index in [0.29, 0.717) is 0 Å². The summed E-state index contributed by atoms with van der Waals surface area (Å²) < 4.78 is 0. The van der Waals surface area contributed by atoms with Crippen LogP contribution in [0.5, 0.6) is 0 Å². The van der Waals surface area contributed by atoms with Crippen LogP contribution in [-0.4, -0.2) is 0 Å². The first-order chi connectivity index (χ1) is 6.33. The second kappa shape index (κ2) is 3.20. The van der Waals surface area contributed by atoms with Gasteiger partial charge in [-0.05, 0) is 36.5 Å². The zero-order valence-corrected chi connectivity index (χ0v) is 7.46. The topological polar surface area (TPSA) is 49.8 Å². The van der Waals surface area contributed by atoms with E-state index in [9.17, 15) is 0 Å². The van der Waals surface area contributed by atoms with Crippen molar-refractivity contribution in [3.05, 3.63) is 34.9 Å². The number of benzene rings is 1. The lowest BCUT2D eigenvalue weighted by Gasteiger charge is -2.22. The Kier molecular flexibility index (Phi) is 2.03. The summed E-state index contributed by atoms with van der Waals surface area (Å²) in [6.07, 6.45) is 3.15. The molecule has 0 saturated carbocycles. The van der Waals surface area contributed by atoms with Gasteiger partial charge in [-0.25, -0.2) is 0 Å². The maximum atomic E-state index is 8.89. The molecular formula is C11H12N2. The second-order valence-electron chi connectivity index (χ2n) is 3.48. The van der Waals surface area contributed by atoms with Gasteiger partial charge in [0, 0.05) is 6.04 Å². The van der Waals surface area contributed by atoms with Crippen molar-refractivity contribution in [3.8, 4) is 6.07 Å². The summed E-state index contributed by atoms with van der Waals surface area (Å²) in [7, 11) is 0. The van der Waals surface area contributed by atoms with Crippen LogP contribution in [0.25, 0.3) is 0 Å². The van der Waals surface area contributed by atoms with Gasteiger partial charge >= 0.3 is 0 Å². The number of nitriles is 1. The summed E-state index contributed by atoms with van der Waals surface area (Å²) in [6, 6.07) is 8.19. The van der Waals surface area contributed by atoms with Gasteiger partial charge < -0.3 is 5.73 Å². The number of fused-ring (bicyclic) bond motifs is 1. The van der Waals surface area contributed by atoms with Gasteiger partial charge in [-0.3, -0.25) is 0 Å². The predicted molar refractivity (Wildman–Crippen MR) is 51.0 cm³/mol. The molecule has 1 aliphatic carbocycles. The molecule has 0 bridgehead atoms. The van der Waals surface area contributed by atoms with Crippen LogP contribution in [0.4, 0.5) is 0 Å². The van der Waals surface area contributed by atoms with Crippen LogP contribution in [0.1, 0.15) is 35.6 Å². The Labute approximate surface area is 78.0 Å². The van der Waals surface area contributed by atoms with Crippen molar-refractivity contribution in [2.75, 3.05) is 0 Å². The minimum atomic E-state index is 0.136. The molecule has 2 rings (SSSR count). The van der Waals surface area contributed by atoms with E-state index < -0.39 is 0 Å². The molecular weight excluding hydrogens is 160 g/mol. The first kappa shape index (κ1) is 8.28. The molecule has 2 heteroatoms. The van der Waals surface area contributed by atoms with Gasteiger partial charge in [0.25, 0.3) is 0 Å². The van der Waals surface area contributed by atoms with E-state index in [1.807, 2.05) is 18.2 Å². The Morgan fingerprint density at radius 2 is 2.31 bits per heavy atom. The highest BCUT2D eigenvalue weighted by Gasteiger charge is 2.18. The zero-order chi connectivity index (χ0) is 9.26. The highest BCUT2D eigenvalue weighted by Crippen LogP contribution is 2.29. The summed E-state index contributed by atoms with van der Waals surface area (Å²) in [5.41, 5.74) is 9.10. The van der Waals surface area contributed by atoms with E-state index in [-0.39, 0.29) is 6.04 Å². The number of nitrogens with two attached hydrogens (primary N) is 1. The van der Waals surface area contributed by atoms with Gasteiger partial charge in [0.15, 0.2) is 0 Å².